The van der Waals surface area contributed by atoms with Crippen LogP contribution >= 0.6 is 11.3 Å². The Morgan fingerprint density at radius 1 is 1.22 bits per heavy atom. The number of nitrogens with one attached hydrogen (secondary N) is 1. The van der Waals surface area contributed by atoms with Gasteiger partial charge >= 0.3 is 5.97 Å². The van der Waals surface area contributed by atoms with Gasteiger partial charge in [0.05, 0.1) is 0 Å². The molecule has 1 unspecified atom stereocenters. The van der Waals surface area contributed by atoms with Crippen molar-refractivity contribution < 1.29 is 14.7 Å². The molecule has 1 atom stereocenters. The Bertz CT molecular complexity index is 640. The fourth-order valence-corrected chi connectivity index (χ4v) is 3.27. The van der Waals surface area contributed by atoms with Gasteiger partial charge in [-0.25, -0.2) is 0 Å². The quantitative estimate of drug-likeness (QED) is 0.780. The molecule has 1 amide bonds. The van der Waals surface area contributed by atoms with Crippen LogP contribution in [0.1, 0.15) is 30.9 Å². The number of aliphatic carboxylic acids is 1. The highest BCUT2D eigenvalue weighted by Crippen LogP contribution is 2.27. The summed E-state index contributed by atoms with van der Waals surface area (Å²) in [6.45, 7) is 1.93. The Morgan fingerprint density at radius 2 is 1.96 bits per heavy atom. The topological polar surface area (TPSA) is 66.4 Å². The summed E-state index contributed by atoms with van der Waals surface area (Å²) in [4.78, 5) is 23.9. The van der Waals surface area contributed by atoms with E-state index in [1.165, 1.54) is 0 Å². The van der Waals surface area contributed by atoms with Gasteiger partial charge in [-0.2, -0.15) is 11.3 Å². The first kappa shape index (κ1) is 17.2. The van der Waals surface area contributed by atoms with Crippen LogP contribution in [0.5, 0.6) is 0 Å². The highest BCUT2D eigenvalue weighted by atomic mass is 32.1. The van der Waals surface area contributed by atoms with Gasteiger partial charge < -0.3 is 10.4 Å². The van der Waals surface area contributed by atoms with Gasteiger partial charge in [-0.1, -0.05) is 37.3 Å². The number of benzene rings is 1. The Hall–Kier alpha value is -2.14. The average Bonchev–Trinajstić information content (AvgIpc) is 3.08. The molecule has 2 N–H and O–H groups in total. The summed E-state index contributed by atoms with van der Waals surface area (Å²) >= 11 is 1.60. The van der Waals surface area contributed by atoms with E-state index >= 15 is 0 Å². The number of carbonyl (C=O) groups is 2. The van der Waals surface area contributed by atoms with Crippen LogP contribution in [-0.4, -0.2) is 23.5 Å². The molecule has 0 aliphatic rings. The molecule has 1 aromatic carbocycles. The molecular formula is C18H21NO3S. The Labute approximate surface area is 140 Å². The van der Waals surface area contributed by atoms with Gasteiger partial charge in [0.15, 0.2) is 0 Å². The van der Waals surface area contributed by atoms with Crippen molar-refractivity contribution >= 4 is 23.2 Å². The summed E-state index contributed by atoms with van der Waals surface area (Å²) in [6.07, 6.45) is 1.45. The largest absolute Gasteiger partial charge is 0.481 e. The lowest BCUT2D eigenvalue weighted by molar-refractivity contribution is -0.144. The van der Waals surface area contributed by atoms with E-state index in [1.54, 1.807) is 23.5 Å². The van der Waals surface area contributed by atoms with Gasteiger partial charge in [-0.3, -0.25) is 9.59 Å². The number of carbonyl (C=O) groups excluding carboxylic acids is 1. The normalized spacial score (nSPS) is 13.3. The first-order chi connectivity index (χ1) is 11.1. The van der Waals surface area contributed by atoms with Crippen LogP contribution in [0, 0.1) is 0 Å². The fourth-order valence-electron chi connectivity index (χ4n) is 2.57. The minimum atomic E-state index is -1.08. The monoisotopic (exact) mass is 331 g/mol. The average molecular weight is 331 g/mol. The van der Waals surface area contributed by atoms with Gasteiger partial charge in [0.2, 0.25) is 5.91 Å². The van der Waals surface area contributed by atoms with Gasteiger partial charge in [-0.05, 0) is 40.8 Å². The van der Waals surface area contributed by atoms with E-state index in [0.29, 0.717) is 24.8 Å². The van der Waals surface area contributed by atoms with Crippen molar-refractivity contribution in [3.63, 3.8) is 0 Å². The minimum Gasteiger partial charge on any atom is -0.481 e. The Morgan fingerprint density at radius 3 is 2.52 bits per heavy atom. The molecule has 0 spiro atoms. The predicted molar refractivity (Wildman–Crippen MR) is 91.7 cm³/mol. The molecule has 5 heteroatoms. The maximum absolute atomic E-state index is 12.1. The summed E-state index contributed by atoms with van der Waals surface area (Å²) in [5.41, 5.74) is 0.764. The van der Waals surface area contributed by atoms with E-state index < -0.39 is 11.4 Å². The molecule has 23 heavy (non-hydrogen) atoms. The van der Waals surface area contributed by atoms with Crippen molar-refractivity contribution in [1.82, 2.24) is 5.32 Å². The number of thiophene rings is 1. The third kappa shape index (κ3) is 4.20. The van der Waals surface area contributed by atoms with E-state index in [1.807, 2.05) is 41.9 Å². The van der Waals surface area contributed by atoms with Crippen molar-refractivity contribution in [3.05, 3.63) is 58.3 Å². The number of aryl methyl sites for hydroxylation is 1. The number of carboxylic acids is 1. The molecule has 0 bridgehead atoms. The summed E-state index contributed by atoms with van der Waals surface area (Å²) < 4.78 is 0. The third-order valence-corrected chi connectivity index (χ3v) is 4.88. The van der Waals surface area contributed by atoms with E-state index in [9.17, 15) is 14.7 Å². The van der Waals surface area contributed by atoms with E-state index in [0.717, 1.165) is 5.56 Å². The summed E-state index contributed by atoms with van der Waals surface area (Å²) in [7, 11) is 0. The number of hydrogen-bond donors (Lipinski definition) is 2. The molecule has 2 rings (SSSR count). The van der Waals surface area contributed by atoms with Crippen molar-refractivity contribution in [3.8, 4) is 0 Å². The maximum Gasteiger partial charge on any atom is 0.315 e. The molecule has 2 aromatic rings. The first-order valence-corrected chi connectivity index (χ1v) is 8.59. The molecule has 4 nitrogen and oxygen atoms in total. The van der Waals surface area contributed by atoms with Crippen LogP contribution in [0.25, 0.3) is 0 Å². The minimum absolute atomic E-state index is 0.102. The summed E-state index contributed by atoms with van der Waals surface area (Å²) in [6, 6.07) is 11.1. The van der Waals surface area contributed by atoms with Crippen molar-refractivity contribution in [2.75, 3.05) is 6.54 Å². The molecule has 0 aliphatic heterocycles. The highest BCUT2D eigenvalue weighted by molar-refractivity contribution is 7.07. The van der Waals surface area contributed by atoms with Crippen LogP contribution in [0.4, 0.5) is 0 Å². The molecule has 0 fully saturated rings. The van der Waals surface area contributed by atoms with Crippen molar-refractivity contribution in [1.29, 1.82) is 0 Å². The first-order valence-electron chi connectivity index (χ1n) is 7.65. The second-order valence-corrected chi connectivity index (χ2v) is 6.30. The zero-order valence-corrected chi connectivity index (χ0v) is 13.9. The Kier molecular flexibility index (Phi) is 5.93. The predicted octanol–water partition coefficient (Wildman–Crippen LogP) is 3.23. The Balaban J connectivity index is 2.01. The lowest BCUT2D eigenvalue weighted by Gasteiger charge is -2.29. The van der Waals surface area contributed by atoms with Crippen LogP contribution in [0.3, 0.4) is 0 Å². The van der Waals surface area contributed by atoms with Crippen molar-refractivity contribution in [2.24, 2.45) is 0 Å². The van der Waals surface area contributed by atoms with E-state index in [2.05, 4.69) is 5.32 Å². The number of carboxylic acid groups (broad SMARTS) is 1. The molecule has 0 saturated heterocycles. The lowest BCUT2D eigenvalue weighted by Crippen LogP contribution is -2.46. The molecule has 1 heterocycles. The summed E-state index contributed by atoms with van der Waals surface area (Å²) in [5.74, 6) is -1.03. The van der Waals surface area contributed by atoms with Gasteiger partial charge in [-0.15, -0.1) is 0 Å². The fraction of sp³-hybridized carbons (Fsp3) is 0.333. The second-order valence-electron chi connectivity index (χ2n) is 5.52. The van der Waals surface area contributed by atoms with Gasteiger partial charge in [0.25, 0.3) is 0 Å². The van der Waals surface area contributed by atoms with E-state index in [4.69, 9.17) is 0 Å². The molecule has 122 valence electrons. The smallest absolute Gasteiger partial charge is 0.315 e. The third-order valence-electron chi connectivity index (χ3n) is 4.15. The molecule has 0 aliphatic carbocycles. The summed E-state index contributed by atoms with van der Waals surface area (Å²) in [5, 5.41) is 16.5. The number of amides is 1. The molecular weight excluding hydrogens is 310 g/mol. The second kappa shape index (κ2) is 7.92. The molecule has 0 radical (unpaired) electrons. The maximum atomic E-state index is 12.1. The van der Waals surface area contributed by atoms with Gasteiger partial charge in [0, 0.05) is 13.0 Å². The molecule has 0 saturated carbocycles. The van der Waals surface area contributed by atoms with Crippen molar-refractivity contribution in [2.45, 2.75) is 31.6 Å². The van der Waals surface area contributed by atoms with E-state index in [-0.39, 0.29) is 12.5 Å². The van der Waals surface area contributed by atoms with Crippen LogP contribution < -0.4 is 5.32 Å². The zero-order valence-electron chi connectivity index (χ0n) is 13.1. The SMILES string of the molecule is CCC(CNC(=O)CCc1ccsc1)(C(=O)O)c1ccccc1. The number of rotatable bonds is 8. The van der Waals surface area contributed by atoms with Crippen LogP contribution in [0.2, 0.25) is 0 Å². The highest BCUT2D eigenvalue weighted by Gasteiger charge is 2.38. The standard InChI is InChI=1S/C18H21NO3S/c1-2-18(17(21)22,15-6-4-3-5-7-15)13-19-16(20)9-8-14-10-11-23-12-14/h3-7,10-12H,2,8-9,13H2,1H3,(H,19,20)(H,21,22). The number of hydrogen-bond acceptors (Lipinski definition) is 3. The molecule has 1 aromatic heterocycles. The van der Waals surface area contributed by atoms with Gasteiger partial charge in [0.1, 0.15) is 5.41 Å². The lowest BCUT2D eigenvalue weighted by atomic mass is 9.78. The van der Waals surface area contributed by atoms with Crippen LogP contribution in [0.15, 0.2) is 47.2 Å². The van der Waals surface area contributed by atoms with Crippen LogP contribution in [-0.2, 0) is 21.4 Å². The zero-order chi connectivity index (χ0) is 16.7.